The fourth-order valence-electron chi connectivity index (χ4n) is 6.29. The Kier molecular flexibility index (Phi) is 7.77. The van der Waals surface area contributed by atoms with Crippen LogP contribution in [0.5, 0.6) is 0 Å². The number of amides is 4. The Morgan fingerprint density at radius 1 is 0.491 bits per heavy atom. The van der Waals surface area contributed by atoms with Crippen LogP contribution in [0.15, 0.2) is 72.8 Å². The normalized spacial score (nSPS) is 11.3. The van der Waals surface area contributed by atoms with Crippen molar-refractivity contribution in [3.05, 3.63) is 83.9 Å². The summed E-state index contributed by atoms with van der Waals surface area (Å²) in [6, 6.07) is 20.0. The molecule has 3 aromatic heterocycles. The zero-order chi connectivity index (χ0) is 35.7. The second-order valence-electron chi connectivity index (χ2n) is 11.8. The van der Waals surface area contributed by atoms with Gasteiger partial charge in [0.05, 0.1) is 23.3 Å². The second-order valence-corrected chi connectivity index (χ2v) is 11.8. The third-order valence-corrected chi connectivity index (χ3v) is 8.72. The Hall–Kier alpha value is -7.26. The Morgan fingerprint density at radius 2 is 0.906 bits per heavy atom. The quantitative estimate of drug-likeness (QED) is 0.141. The van der Waals surface area contributed by atoms with Gasteiger partial charge in [-0.3, -0.25) is 19.2 Å². The molecule has 7 aromatic rings. The number of anilines is 2. The Morgan fingerprint density at radius 3 is 1.47 bits per heavy atom. The van der Waals surface area contributed by atoms with E-state index in [0.717, 1.165) is 0 Å². The summed E-state index contributed by atoms with van der Waals surface area (Å²) in [6.45, 7) is 0. The van der Waals surface area contributed by atoms with Gasteiger partial charge in [-0.2, -0.15) is 0 Å². The number of primary amides is 2. The zero-order valence-electron chi connectivity index (χ0n) is 27.2. The molecule has 0 saturated heterocycles. The fraction of sp³-hybridized carbons (Fsp3) is 0. The molecule has 53 heavy (non-hydrogen) atoms. The number of nitrogens with zero attached hydrogens (tertiary/aromatic N) is 8. The average molecular weight is 750 g/mol. The average Bonchev–Trinajstić information content (AvgIpc) is 3.86. The summed E-state index contributed by atoms with van der Waals surface area (Å²) in [5.74, 6) is -0.374. The third kappa shape index (κ3) is 5.43. The molecule has 0 saturated carbocycles. The van der Waals surface area contributed by atoms with E-state index < -0.39 is 11.8 Å². The summed E-state index contributed by atoms with van der Waals surface area (Å²) >= 11 is 0. The van der Waals surface area contributed by atoms with E-state index in [2.05, 4.69) is 10.6 Å². The number of aromatic nitrogens is 8. The molecule has 0 radical (unpaired) electrons. The van der Waals surface area contributed by atoms with Gasteiger partial charge in [-0.05, 0) is 76.1 Å². The summed E-state index contributed by atoms with van der Waals surface area (Å²) < 4.78 is 0. The molecular weight excluding hydrogens is 730 g/mol. The van der Waals surface area contributed by atoms with Gasteiger partial charge in [0.2, 0.25) is 24.6 Å². The summed E-state index contributed by atoms with van der Waals surface area (Å²) in [6.07, 6.45) is 1.13. The van der Waals surface area contributed by atoms with Crippen LogP contribution in [0.4, 0.5) is 11.4 Å². The first kappa shape index (κ1) is 32.9. The van der Waals surface area contributed by atoms with Gasteiger partial charge in [-0.25, -0.2) is 9.97 Å². The number of nitrogens with one attached hydrogen (secondary N) is 2. The predicted octanol–water partition coefficient (Wildman–Crippen LogP) is 3.46. The summed E-state index contributed by atoms with van der Waals surface area (Å²) in [5.41, 5.74) is 15.8. The van der Waals surface area contributed by atoms with E-state index in [1.807, 2.05) is 0 Å². The zero-order valence-corrected chi connectivity index (χ0v) is 30.1. The van der Waals surface area contributed by atoms with Crippen molar-refractivity contribution in [2.24, 2.45) is 11.5 Å². The molecular formula is C36H20N12O4Zn. The van der Waals surface area contributed by atoms with Gasteiger partial charge < -0.3 is 52.0 Å². The standard InChI is InChI=1S/C36H22N12O4.Zn/c37-27(51)15-1-5-19-23(9-15)34-42-29(19)41-33-24-10-16(28(38)52)2-6-20(24)30(43-33)45-35-26-12-18(40-14-50)4-8-22(26)32(47-35)48-36-25-11-17(39-13-49)3-7-21(25)31(44-34)46-36;/h1-14H,(H8,37,38,39,40,41,42,43,44,45,46,47,48,49,50,51,52);/q;+2/p-2. The monoisotopic (exact) mass is 748 g/mol. The minimum absolute atomic E-state index is 0. The number of hydrogen-bond donors (Lipinski definition) is 4. The van der Waals surface area contributed by atoms with Crippen LogP contribution in [0.1, 0.15) is 20.7 Å². The van der Waals surface area contributed by atoms with E-state index in [9.17, 15) is 19.2 Å². The van der Waals surface area contributed by atoms with Gasteiger partial charge in [-0.15, -0.1) is 0 Å². The predicted molar refractivity (Wildman–Crippen MR) is 190 cm³/mol. The summed E-state index contributed by atoms with van der Waals surface area (Å²) in [4.78, 5) is 85.7. The topological polar surface area (TPSA) is 250 Å². The maximum Gasteiger partial charge on any atom is 2.00 e. The van der Waals surface area contributed by atoms with Crippen LogP contribution >= 0.6 is 0 Å². The number of fused-ring (bicyclic) bond motifs is 20. The molecule has 0 fully saturated rings. The molecule has 4 aromatic carbocycles. The smallest absolute Gasteiger partial charge is 0.366 e. The molecule has 8 bridgehead atoms. The van der Waals surface area contributed by atoms with Crippen molar-refractivity contribution in [3.8, 4) is 45.6 Å². The van der Waals surface area contributed by atoms with Gasteiger partial charge in [0.25, 0.3) is 0 Å². The Balaban J connectivity index is 0.00000400. The molecule has 0 atom stereocenters. The molecule has 6 N–H and O–H groups in total. The van der Waals surface area contributed by atoms with Gasteiger partial charge in [-0.1, -0.05) is 18.2 Å². The second kappa shape index (κ2) is 12.5. The van der Waals surface area contributed by atoms with Crippen molar-refractivity contribution in [2.45, 2.75) is 0 Å². The minimum atomic E-state index is -0.643. The number of carbonyl (C=O) groups excluding carboxylic acids is 4. The number of carbonyl (C=O) groups is 4. The molecule has 4 amide bonds. The first-order chi connectivity index (χ1) is 25.3. The Bertz CT molecular complexity index is 2940. The molecule has 0 spiro atoms. The van der Waals surface area contributed by atoms with Crippen LogP contribution in [0.25, 0.3) is 89.7 Å². The maximum absolute atomic E-state index is 12.2. The van der Waals surface area contributed by atoms with E-state index in [0.29, 0.717) is 68.0 Å². The minimum Gasteiger partial charge on any atom is -0.366 e. The molecule has 17 heteroatoms. The van der Waals surface area contributed by atoms with Crippen molar-refractivity contribution in [3.63, 3.8) is 0 Å². The third-order valence-electron chi connectivity index (χ3n) is 8.72. The van der Waals surface area contributed by atoms with E-state index in [1.54, 1.807) is 72.8 Å². The molecule has 5 heterocycles. The molecule has 9 rings (SSSR count). The number of nitrogens with two attached hydrogens (primary N) is 2. The largest absolute Gasteiger partial charge is 2.00 e. The van der Waals surface area contributed by atoms with Crippen LogP contribution in [0.2, 0.25) is 0 Å². The van der Waals surface area contributed by atoms with Crippen LogP contribution in [-0.4, -0.2) is 54.5 Å². The van der Waals surface area contributed by atoms with Gasteiger partial charge in [0.15, 0.2) is 0 Å². The first-order valence-corrected chi connectivity index (χ1v) is 15.6. The molecule has 2 aliphatic rings. The van der Waals surface area contributed by atoms with Gasteiger partial charge in [0.1, 0.15) is 0 Å². The van der Waals surface area contributed by atoms with E-state index in [-0.39, 0.29) is 76.5 Å². The van der Waals surface area contributed by atoms with Crippen molar-refractivity contribution in [2.75, 3.05) is 10.6 Å². The maximum atomic E-state index is 12.2. The molecule has 0 unspecified atom stereocenters. The van der Waals surface area contributed by atoms with Crippen molar-refractivity contribution in [1.82, 2.24) is 39.9 Å². The Labute approximate surface area is 309 Å². The van der Waals surface area contributed by atoms with Crippen molar-refractivity contribution < 1.29 is 38.7 Å². The van der Waals surface area contributed by atoms with E-state index in [4.69, 9.17) is 51.3 Å². The van der Waals surface area contributed by atoms with Crippen molar-refractivity contribution >= 4 is 80.1 Å². The van der Waals surface area contributed by atoms with Crippen molar-refractivity contribution in [1.29, 1.82) is 0 Å². The fourth-order valence-corrected chi connectivity index (χ4v) is 6.29. The van der Waals surface area contributed by atoms with E-state index >= 15 is 0 Å². The summed E-state index contributed by atoms with van der Waals surface area (Å²) in [5, 5.41) is 7.47. The molecule has 16 nitrogen and oxygen atoms in total. The molecule has 250 valence electrons. The van der Waals surface area contributed by atoms with Crippen LogP contribution in [0.3, 0.4) is 0 Å². The summed E-state index contributed by atoms with van der Waals surface area (Å²) in [7, 11) is 0. The SMILES string of the molecule is NC(=O)c1ccc2c(c1)-c1nc-2nc2[n-]c(nc3nc(nc4[n-]c(n1)c1ccc(C(N)=O)cc41)-c1ccc(NC=O)cc1-3)c1ccc(NC=O)cc21.[Zn+2]. The molecule has 0 aliphatic carbocycles. The number of benzene rings is 4. The van der Waals surface area contributed by atoms with E-state index in [1.165, 1.54) is 0 Å². The number of hydrogen-bond acceptors (Lipinski definition) is 10. The van der Waals surface area contributed by atoms with Crippen LogP contribution in [0, 0.1) is 0 Å². The molecule has 2 aliphatic heterocycles. The van der Waals surface area contributed by atoms with Crippen LogP contribution in [-0.2, 0) is 29.1 Å². The van der Waals surface area contributed by atoms with Gasteiger partial charge >= 0.3 is 19.5 Å². The van der Waals surface area contributed by atoms with Gasteiger partial charge in [0, 0.05) is 67.3 Å². The first-order valence-electron chi connectivity index (χ1n) is 15.6. The van der Waals surface area contributed by atoms with Crippen LogP contribution < -0.4 is 32.1 Å². The number of rotatable bonds is 6.